The highest BCUT2D eigenvalue weighted by molar-refractivity contribution is 5.97. The van der Waals surface area contributed by atoms with E-state index in [9.17, 15) is 0 Å². The second-order valence-electron chi connectivity index (χ2n) is 6.66. The van der Waals surface area contributed by atoms with Crippen LogP contribution in [0.2, 0.25) is 0 Å². The van der Waals surface area contributed by atoms with Gasteiger partial charge in [0.05, 0.1) is 0 Å². The maximum absolute atomic E-state index is 5.59. The minimum absolute atomic E-state index is 0.556. The summed E-state index contributed by atoms with van der Waals surface area (Å²) >= 11 is 0. The van der Waals surface area contributed by atoms with Crippen molar-refractivity contribution in [3.63, 3.8) is 0 Å². The number of hydrogen-bond donors (Lipinski definition) is 1. The number of allylic oxidation sites excluding steroid dienone is 4. The van der Waals surface area contributed by atoms with Crippen LogP contribution < -0.4 is 5.73 Å². The molecule has 0 aliphatic carbocycles. The van der Waals surface area contributed by atoms with Crippen molar-refractivity contribution in [1.29, 1.82) is 0 Å². The lowest BCUT2D eigenvalue weighted by Gasteiger charge is -1.96. The van der Waals surface area contributed by atoms with Gasteiger partial charge >= 0.3 is 0 Å². The summed E-state index contributed by atoms with van der Waals surface area (Å²) in [6.07, 6.45) is 7.66. The lowest BCUT2D eigenvalue weighted by Crippen LogP contribution is -1.95. The Morgan fingerprint density at radius 2 is 1.38 bits per heavy atom. The molecule has 0 spiro atoms. The topological polar surface area (TPSA) is 38.4 Å². The first-order valence-electron chi connectivity index (χ1n) is 12.1. The molecule has 0 radical (unpaired) electrons. The molecule has 2 heteroatoms. The van der Waals surface area contributed by atoms with Crippen molar-refractivity contribution in [2.45, 2.75) is 75.8 Å². The summed E-state index contributed by atoms with van der Waals surface area (Å²) in [7, 11) is 0. The van der Waals surface area contributed by atoms with Gasteiger partial charge in [-0.3, -0.25) is 4.99 Å². The van der Waals surface area contributed by atoms with Crippen molar-refractivity contribution in [3.8, 4) is 11.8 Å². The first-order chi connectivity index (χ1) is 16.4. The molecule has 0 heterocycles. The average molecular weight is 461 g/mol. The van der Waals surface area contributed by atoms with E-state index in [1.807, 2.05) is 117 Å². The van der Waals surface area contributed by atoms with Crippen molar-refractivity contribution < 1.29 is 0 Å². The lowest BCUT2D eigenvalue weighted by atomic mass is 10.1. The first kappa shape index (κ1) is 35.4. The number of aryl methyl sites for hydroxylation is 1. The predicted octanol–water partition coefficient (Wildman–Crippen LogP) is 9.05. The maximum atomic E-state index is 5.59. The van der Waals surface area contributed by atoms with Crippen LogP contribution in [0.15, 0.2) is 90.1 Å². The van der Waals surface area contributed by atoms with Gasteiger partial charge in [0.15, 0.2) is 0 Å². The Morgan fingerprint density at radius 1 is 0.853 bits per heavy atom. The number of benzene rings is 2. The molecule has 2 aromatic rings. The average Bonchev–Trinajstić information content (AvgIpc) is 2.89. The third-order valence-corrected chi connectivity index (χ3v) is 3.93. The Labute approximate surface area is 211 Å². The van der Waals surface area contributed by atoms with Crippen LogP contribution >= 0.6 is 0 Å². The van der Waals surface area contributed by atoms with Crippen molar-refractivity contribution in [2.75, 3.05) is 0 Å². The molecular formula is C32H48N2. The Morgan fingerprint density at radius 3 is 1.82 bits per heavy atom. The van der Waals surface area contributed by atoms with Gasteiger partial charge in [0.1, 0.15) is 0 Å². The van der Waals surface area contributed by atoms with Crippen LogP contribution in [-0.4, -0.2) is 5.71 Å². The lowest BCUT2D eigenvalue weighted by molar-refractivity contribution is 1.07. The molecule has 2 nitrogen and oxygen atoms in total. The molecule has 0 amide bonds. The van der Waals surface area contributed by atoms with Crippen molar-refractivity contribution >= 4 is 5.71 Å². The largest absolute Gasteiger partial charge is 0.326 e. The number of hydrogen-bond acceptors (Lipinski definition) is 2. The minimum atomic E-state index is 0.556. The third kappa shape index (κ3) is 20.7. The Hall–Kier alpha value is -3.15. The van der Waals surface area contributed by atoms with Crippen LogP contribution in [0.5, 0.6) is 0 Å². The molecule has 0 saturated heterocycles. The van der Waals surface area contributed by atoms with Crippen molar-refractivity contribution in [2.24, 2.45) is 10.7 Å². The molecule has 2 rings (SSSR count). The summed E-state index contributed by atoms with van der Waals surface area (Å²) in [6, 6.07) is 16.2. The predicted molar refractivity (Wildman–Crippen MR) is 157 cm³/mol. The maximum Gasteiger partial charge on any atom is 0.0395 e. The molecule has 34 heavy (non-hydrogen) atoms. The van der Waals surface area contributed by atoms with Gasteiger partial charge < -0.3 is 5.73 Å². The van der Waals surface area contributed by atoms with Crippen LogP contribution in [-0.2, 0) is 6.54 Å². The van der Waals surface area contributed by atoms with E-state index in [4.69, 9.17) is 5.73 Å². The molecule has 0 unspecified atom stereocenters. The highest BCUT2D eigenvalue weighted by Gasteiger charge is 1.91. The van der Waals surface area contributed by atoms with E-state index < -0.39 is 0 Å². The fourth-order valence-electron chi connectivity index (χ4n) is 1.85. The number of nitrogens with zero attached hydrogens (tertiary/aromatic N) is 1. The smallest absolute Gasteiger partial charge is 0.0395 e. The summed E-state index contributed by atoms with van der Waals surface area (Å²) in [5, 5.41) is 0. The molecule has 0 aliphatic rings. The van der Waals surface area contributed by atoms with Gasteiger partial charge in [-0.1, -0.05) is 94.2 Å². The Bertz CT molecular complexity index is 898. The number of rotatable bonds is 3. The van der Waals surface area contributed by atoms with E-state index in [0.717, 1.165) is 28.0 Å². The van der Waals surface area contributed by atoms with Gasteiger partial charge in [-0.05, 0) is 76.9 Å². The fourth-order valence-corrected chi connectivity index (χ4v) is 1.85. The molecule has 0 atom stereocenters. The number of nitrogens with two attached hydrogens (primary N) is 1. The van der Waals surface area contributed by atoms with Crippen molar-refractivity contribution in [1.82, 2.24) is 0 Å². The second-order valence-corrected chi connectivity index (χ2v) is 6.66. The zero-order valence-corrected chi connectivity index (χ0v) is 23.4. The fraction of sp³-hybridized carbons (Fsp3) is 0.344. The quantitative estimate of drug-likeness (QED) is 0.277. The van der Waals surface area contributed by atoms with Crippen LogP contribution in [0.1, 0.15) is 84.6 Å². The summed E-state index contributed by atoms with van der Waals surface area (Å²) in [5.74, 6) is 6.30. The van der Waals surface area contributed by atoms with Crippen molar-refractivity contribution in [3.05, 3.63) is 107 Å². The third-order valence-electron chi connectivity index (χ3n) is 3.93. The number of aliphatic imine (C=N–C) groups is 1. The second kappa shape index (κ2) is 26.1. The molecule has 0 aromatic heterocycles. The van der Waals surface area contributed by atoms with Gasteiger partial charge in [-0.25, -0.2) is 0 Å². The monoisotopic (exact) mass is 460 g/mol. The molecule has 0 fully saturated rings. The molecular weight excluding hydrogens is 412 g/mol. The van der Waals surface area contributed by atoms with Gasteiger partial charge in [0.2, 0.25) is 0 Å². The van der Waals surface area contributed by atoms with Gasteiger partial charge in [0.25, 0.3) is 0 Å². The summed E-state index contributed by atoms with van der Waals surface area (Å²) < 4.78 is 0. The van der Waals surface area contributed by atoms with Crippen LogP contribution in [0.3, 0.4) is 0 Å². The standard InChI is InChI=1S/C16H15N.C8H13N.C4H8.2C2H6/c1-13-5-7-14(8-6-13)9-10-15-3-2-4-16(11-15)12-17;1-5-6-9-8(4)7(2)3;1-3-4-2;2*1-2/h2-8,11H,12,17H2,1H3;5-6H,2H2,1,3-4H3;3-4H,1-2H3;2*1-2H3/b;6-5-,9-8?;4-3-;;. The van der Waals surface area contributed by atoms with Crippen LogP contribution in [0.4, 0.5) is 0 Å². The van der Waals surface area contributed by atoms with Crippen LogP contribution in [0, 0.1) is 18.8 Å². The molecule has 0 aliphatic heterocycles. The van der Waals surface area contributed by atoms with E-state index in [0.29, 0.717) is 6.54 Å². The SMILES string of the molecule is C/C=C\C.C=C(C)C(C)=N/C=C\C.CC.CC.Cc1ccc(C#Cc2cccc(CN)c2)cc1. The van der Waals surface area contributed by atoms with Gasteiger partial charge in [-0.15, -0.1) is 0 Å². The van der Waals surface area contributed by atoms with E-state index in [1.54, 1.807) is 6.20 Å². The molecule has 186 valence electrons. The van der Waals surface area contributed by atoms with E-state index >= 15 is 0 Å². The molecule has 0 bridgehead atoms. The Balaban J connectivity index is -0.000000478. The highest BCUT2D eigenvalue weighted by Crippen LogP contribution is 2.05. The Kier molecular flexibility index (Phi) is 27.2. The highest BCUT2D eigenvalue weighted by atomic mass is 14.7. The summed E-state index contributed by atoms with van der Waals surface area (Å²) in [6.45, 7) is 24.2. The van der Waals surface area contributed by atoms with Gasteiger partial charge in [0, 0.05) is 29.6 Å². The normalized spacial score (nSPS) is 9.56. The van der Waals surface area contributed by atoms with Crippen LogP contribution in [0.25, 0.3) is 0 Å². The summed E-state index contributed by atoms with van der Waals surface area (Å²) in [4.78, 5) is 4.08. The minimum Gasteiger partial charge on any atom is -0.326 e. The van der Waals surface area contributed by atoms with E-state index in [-0.39, 0.29) is 0 Å². The molecule has 2 N–H and O–H groups in total. The van der Waals surface area contributed by atoms with Gasteiger partial charge in [-0.2, -0.15) is 0 Å². The first-order valence-corrected chi connectivity index (χ1v) is 12.1. The zero-order valence-electron chi connectivity index (χ0n) is 23.4. The molecule has 2 aromatic carbocycles. The summed E-state index contributed by atoms with van der Waals surface area (Å²) in [5.41, 5.74) is 12.0. The molecule has 0 saturated carbocycles. The zero-order chi connectivity index (χ0) is 26.8. The van der Waals surface area contributed by atoms with E-state index in [1.165, 1.54) is 5.56 Å². The van der Waals surface area contributed by atoms with E-state index in [2.05, 4.69) is 42.5 Å².